The summed E-state index contributed by atoms with van der Waals surface area (Å²) in [6.45, 7) is 6.00. The fourth-order valence-corrected chi connectivity index (χ4v) is 4.34. The first-order valence-electron chi connectivity index (χ1n) is 9.92. The molecule has 2 unspecified atom stereocenters. The molecule has 1 saturated heterocycles. The van der Waals surface area contributed by atoms with Gasteiger partial charge in [0.25, 0.3) is 0 Å². The number of amides is 1. The smallest absolute Gasteiger partial charge is 0.225 e. The minimum Gasteiger partial charge on any atom is -0.352 e. The minimum atomic E-state index is -0.365. The second-order valence-electron chi connectivity index (χ2n) is 8.13. The number of hydrogen-bond acceptors (Lipinski definition) is 3. The maximum Gasteiger partial charge on any atom is 0.225 e. The predicted octanol–water partition coefficient (Wildman–Crippen LogP) is 3.20. The maximum atomic E-state index is 12.7. The third kappa shape index (κ3) is 4.83. The highest BCUT2D eigenvalue weighted by molar-refractivity contribution is 5.80. The number of piperidine rings is 1. The lowest BCUT2D eigenvalue weighted by molar-refractivity contribution is -0.128. The number of likely N-dealkylation sites (tertiary alicyclic amines) is 1. The molecule has 0 aromatic heterocycles. The molecule has 1 saturated carbocycles. The van der Waals surface area contributed by atoms with Crippen LogP contribution in [0, 0.1) is 5.92 Å². The summed E-state index contributed by atoms with van der Waals surface area (Å²) in [6, 6.07) is 8.50. The van der Waals surface area contributed by atoms with Gasteiger partial charge in [-0.3, -0.25) is 9.69 Å². The van der Waals surface area contributed by atoms with E-state index < -0.39 is 0 Å². The average molecular weight is 344 g/mol. The van der Waals surface area contributed by atoms with Gasteiger partial charge in [-0.25, -0.2) is 0 Å². The van der Waals surface area contributed by atoms with E-state index in [0.717, 1.165) is 32.2 Å². The lowest BCUT2D eigenvalue weighted by atomic mass is 9.74. The molecular weight excluding hydrogens is 310 g/mol. The lowest BCUT2D eigenvalue weighted by Gasteiger charge is -2.37. The van der Waals surface area contributed by atoms with Gasteiger partial charge >= 0.3 is 0 Å². The van der Waals surface area contributed by atoms with Crippen LogP contribution in [0.4, 0.5) is 0 Å². The van der Waals surface area contributed by atoms with Crippen molar-refractivity contribution in [3.05, 3.63) is 35.4 Å². The van der Waals surface area contributed by atoms with Crippen molar-refractivity contribution in [2.45, 2.75) is 70.5 Å². The Kier molecular flexibility index (Phi) is 6.13. The molecular formula is C21H33N3O. The van der Waals surface area contributed by atoms with Crippen LogP contribution in [0.5, 0.6) is 0 Å². The van der Waals surface area contributed by atoms with Crippen LogP contribution in [-0.2, 0) is 17.9 Å². The Morgan fingerprint density at radius 3 is 2.60 bits per heavy atom. The molecule has 0 bridgehead atoms. The van der Waals surface area contributed by atoms with Crippen molar-refractivity contribution in [1.82, 2.24) is 10.2 Å². The van der Waals surface area contributed by atoms with Gasteiger partial charge in [0, 0.05) is 18.6 Å². The number of nitrogens with two attached hydrogens (primary N) is 1. The highest BCUT2D eigenvalue weighted by Crippen LogP contribution is 2.31. The topological polar surface area (TPSA) is 58.4 Å². The molecule has 25 heavy (non-hydrogen) atoms. The van der Waals surface area contributed by atoms with Gasteiger partial charge in [-0.15, -0.1) is 0 Å². The number of hydrogen-bond donors (Lipinski definition) is 2. The second kappa shape index (κ2) is 8.33. The second-order valence-corrected chi connectivity index (χ2v) is 8.13. The minimum absolute atomic E-state index is 0.0597. The molecule has 1 aliphatic carbocycles. The normalized spacial score (nSPS) is 27.8. The zero-order chi connectivity index (χ0) is 17.7. The van der Waals surface area contributed by atoms with Gasteiger partial charge in [0.1, 0.15) is 0 Å². The molecule has 0 radical (unpaired) electrons. The van der Waals surface area contributed by atoms with Crippen LogP contribution in [0.1, 0.15) is 63.0 Å². The van der Waals surface area contributed by atoms with Crippen molar-refractivity contribution in [3.8, 4) is 0 Å². The third-order valence-electron chi connectivity index (χ3n) is 5.98. The summed E-state index contributed by atoms with van der Waals surface area (Å²) in [7, 11) is 0. The Hall–Kier alpha value is -1.39. The standard InChI is InChI=1S/C21H33N3O/c1-21(22)12-6-5-11-19(21)20(25)23-15-17-9-3-4-10-18(17)16-24-13-7-2-8-14-24/h3-4,9-10,19H,2,5-8,11-16,22H2,1H3,(H,23,25). The van der Waals surface area contributed by atoms with Gasteiger partial charge in [0.05, 0.1) is 5.92 Å². The molecule has 2 atom stereocenters. The summed E-state index contributed by atoms with van der Waals surface area (Å²) in [4.78, 5) is 15.2. The number of rotatable bonds is 5. The van der Waals surface area contributed by atoms with Crippen LogP contribution in [0.2, 0.25) is 0 Å². The van der Waals surface area contributed by atoms with E-state index >= 15 is 0 Å². The molecule has 1 amide bonds. The Labute approximate surface area is 152 Å². The quantitative estimate of drug-likeness (QED) is 0.863. The molecule has 4 nitrogen and oxygen atoms in total. The fraction of sp³-hybridized carbons (Fsp3) is 0.667. The van der Waals surface area contributed by atoms with Gasteiger partial charge in [0.2, 0.25) is 5.91 Å². The molecule has 138 valence electrons. The number of benzene rings is 1. The first kappa shape index (κ1) is 18.4. The summed E-state index contributed by atoms with van der Waals surface area (Å²) < 4.78 is 0. The van der Waals surface area contributed by atoms with Gasteiger partial charge in [-0.2, -0.15) is 0 Å². The number of carbonyl (C=O) groups excluding carboxylic acids is 1. The zero-order valence-corrected chi connectivity index (χ0v) is 15.6. The molecule has 0 spiro atoms. The first-order valence-corrected chi connectivity index (χ1v) is 9.92. The fourth-order valence-electron chi connectivity index (χ4n) is 4.34. The van der Waals surface area contributed by atoms with E-state index in [1.54, 1.807) is 0 Å². The van der Waals surface area contributed by atoms with E-state index in [9.17, 15) is 4.79 Å². The van der Waals surface area contributed by atoms with E-state index in [4.69, 9.17) is 5.73 Å². The van der Waals surface area contributed by atoms with Crippen LogP contribution in [0.15, 0.2) is 24.3 Å². The Bertz CT molecular complexity index is 578. The van der Waals surface area contributed by atoms with Crippen molar-refractivity contribution in [3.63, 3.8) is 0 Å². The summed E-state index contributed by atoms with van der Waals surface area (Å²) >= 11 is 0. The molecule has 3 N–H and O–H groups in total. The highest BCUT2D eigenvalue weighted by Gasteiger charge is 2.37. The summed E-state index contributed by atoms with van der Waals surface area (Å²) in [5.41, 5.74) is 8.58. The molecule has 1 aliphatic heterocycles. The SMILES string of the molecule is CC1(N)CCCCC1C(=O)NCc1ccccc1CN1CCCCC1. The van der Waals surface area contributed by atoms with Crippen LogP contribution in [0.25, 0.3) is 0 Å². The zero-order valence-electron chi connectivity index (χ0n) is 15.6. The summed E-state index contributed by atoms with van der Waals surface area (Å²) in [5, 5.41) is 3.16. The Morgan fingerprint density at radius 2 is 1.88 bits per heavy atom. The van der Waals surface area contributed by atoms with Gasteiger partial charge in [0.15, 0.2) is 0 Å². The number of nitrogens with zero attached hydrogens (tertiary/aromatic N) is 1. The van der Waals surface area contributed by atoms with Crippen LogP contribution in [0.3, 0.4) is 0 Å². The monoisotopic (exact) mass is 343 g/mol. The Balaban J connectivity index is 1.60. The maximum absolute atomic E-state index is 12.7. The predicted molar refractivity (Wildman–Crippen MR) is 102 cm³/mol. The van der Waals surface area contributed by atoms with E-state index in [1.807, 2.05) is 6.92 Å². The molecule has 1 aromatic carbocycles. The van der Waals surface area contributed by atoms with E-state index in [-0.39, 0.29) is 17.4 Å². The highest BCUT2D eigenvalue weighted by atomic mass is 16.1. The lowest BCUT2D eigenvalue weighted by Crippen LogP contribution is -2.52. The first-order chi connectivity index (χ1) is 12.1. The molecule has 3 rings (SSSR count). The largest absolute Gasteiger partial charge is 0.352 e. The summed E-state index contributed by atoms with van der Waals surface area (Å²) in [6.07, 6.45) is 8.05. The average Bonchev–Trinajstić information content (AvgIpc) is 2.61. The van der Waals surface area contributed by atoms with E-state index in [2.05, 4.69) is 34.5 Å². The molecule has 4 heteroatoms. The third-order valence-corrected chi connectivity index (χ3v) is 5.98. The van der Waals surface area contributed by atoms with Gasteiger partial charge in [-0.1, -0.05) is 43.5 Å². The van der Waals surface area contributed by atoms with Crippen LogP contribution < -0.4 is 11.1 Å². The molecule has 2 aliphatic rings. The van der Waals surface area contributed by atoms with Crippen molar-refractivity contribution >= 4 is 5.91 Å². The van der Waals surface area contributed by atoms with Gasteiger partial charge in [-0.05, 0) is 56.8 Å². The molecule has 2 fully saturated rings. The van der Waals surface area contributed by atoms with E-state index in [1.165, 1.54) is 43.5 Å². The van der Waals surface area contributed by atoms with Crippen molar-refractivity contribution in [2.24, 2.45) is 11.7 Å². The van der Waals surface area contributed by atoms with Crippen molar-refractivity contribution < 1.29 is 4.79 Å². The van der Waals surface area contributed by atoms with Crippen LogP contribution >= 0.6 is 0 Å². The Morgan fingerprint density at radius 1 is 1.16 bits per heavy atom. The molecule has 1 heterocycles. The van der Waals surface area contributed by atoms with Crippen molar-refractivity contribution in [2.75, 3.05) is 13.1 Å². The number of carbonyl (C=O) groups is 1. The number of nitrogens with one attached hydrogen (secondary N) is 1. The van der Waals surface area contributed by atoms with Crippen molar-refractivity contribution in [1.29, 1.82) is 0 Å². The van der Waals surface area contributed by atoms with E-state index in [0.29, 0.717) is 6.54 Å². The van der Waals surface area contributed by atoms with Gasteiger partial charge < -0.3 is 11.1 Å². The summed E-state index contributed by atoms with van der Waals surface area (Å²) in [5.74, 6) is 0.0629. The molecule has 1 aromatic rings. The van der Waals surface area contributed by atoms with Crippen LogP contribution in [-0.4, -0.2) is 29.4 Å².